The van der Waals surface area contributed by atoms with Gasteiger partial charge in [-0.3, -0.25) is 8.99 Å². The molecule has 1 aromatic carbocycles. The Kier molecular flexibility index (Phi) is 3.48. The maximum absolute atomic E-state index is 12.9. The maximum Gasteiger partial charge on any atom is 0.281 e. The van der Waals surface area contributed by atoms with Crippen LogP contribution in [-0.4, -0.2) is 38.0 Å². The third kappa shape index (κ3) is 2.29. The zero-order valence-electron chi connectivity index (χ0n) is 12.6. The van der Waals surface area contributed by atoms with Gasteiger partial charge in [0, 0.05) is 13.1 Å². The zero-order chi connectivity index (χ0) is 15.9. The van der Waals surface area contributed by atoms with E-state index in [4.69, 9.17) is 9.47 Å². The van der Waals surface area contributed by atoms with Gasteiger partial charge < -0.3 is 9.47 Å². The minimum atomic E-state index is -3.72. The van der Waals surface area contributed by atoms with Gasteiger partial charge in [0.15, 0.2) is 5.03 Å². The quantitative estimate of drug-likeness (QED) is 0.854. The first-order valence-electron chi connectivity index (χ1n) is 6.79. The maximum atomic E-state index is 12.9. The van der Waals surface area contributed by atoms with Crippen LogP contribution in [0.1, 0.15) is 6.92 Å². The molecule has 3 rings (SSSR count). The van der Waals surface area contributed by atoms with Crippen LogP contribution in [0, 0.1) is 0 Å². The molecular weight excluding hydrogens is 306 g/mol. The largest absolute Gasteiger partial charge is 0.497 e. The van der Waals surface area contributed by atoms with Crippen molar-refractivity contribution in [1.29, 1.82) is 0 Å². The highest BCUT2D eigenvalue weighted by atomic mass is 32.2. The Hall–Kier alpha value is -2.22. The molecule has 2 heterocycles. The zero-order valence-corrected chi connectivity index (χ0v) is 13.4. The van der Waals surface area contributed by atoms with Crippen LogP contribution in [-0.2, 0) is 17.1 Å². The van der Waals surface area contributed by atoms with E-state index in [1.807, 2.05) is 6.92 Å². The number of aromatic nitrogens is 2. The Morgan fingerprint density at radius 3 is 2.77 bits per heavy atom. The van der Waals surface area contributed by atoms with Gasteiger partial charge >= 0.3 is 0 Å². The molecule has 0 saturated carbocycles. The van der Waals surface area contributed by atoms with Crippen LogP contribution in [0.2, 0.25) is 0 Å². The van der Waals surface area contributed by atoms with E-state index in [-0.39, 0.29) is 17.7 Å². The smallest absolute Gasteiger partial charge is 0.281 e. The number of hydrogen-bond donors (Lipinski definition) is 0. The van der Waals surface area contributed by atoms with E-state index >= 15 is 0 Å². The molecule has 1 aromatic heterocycles. The molecule has 0 amide bonds. The van der Waals surface area contributed by atoms with Crippen molar-refractivity contribution >= 4 is 15.7 Å². The lowest BCUT2D eigenvalue weighted by atomic mass is 10.2. The molecule has 118 valence electrons. The molecule has 1 aliphatic heterocycles. The molecule has 0 spiro atoms. The van der Waals surface area contributed by atoms with Gasteiger partial charge in [-0.1, -0.05) is 0 Å². The summed E-state index contributed by atoms with van der Waals surface area (Å²) < 4.78 is 39.5. The van der Waals surface area contributed by atoms with Crippen molar-refractivity contribution in [2.45, 2.75) is 18.1 Å². The number of anilines is 1. The number of benzene rings is 1. The normalized spacial score (nSPS) is 17.8. The fourth-order valence-electron chi connectivity index (χ4n) is 2.46. The second-order valence-corrected chi connectivity index (χ2v) is 6.90. The standard InChI is InChI=1S/C14H17N3O4S/c1-10-9-17(22(18,19)14-6-7-15-16(14)2)12-8-11(20-3)4-5-13(12)21-10/h4-8,10H,9H2,1-3H3. The molecule has 0 aliphatic carbocycles. The molecular formula is C14H17N3O4S. The predicted octanol–water partition coefficient (Wildman–Crippen LogP) is 1.40. The third-order valence-electron chi connectivity index (χ3n) is 3.52. The second kappa shape index (κ2) is 5.20. The first-order chi connectivity index (χ1) is 10.4. The Labute approximate surface area is 129 Å². The fourth-order valence-corrected chi connectivity index (χ4v) is 4.11. The van der Waals surface area contributed by atoms with E-state index in [1.54, 1.807) is 25.2 Å². The highest BCUT2D eigenvalue weighted by molar-refractivity contribution is 7.92. The SMILES string of the molecule is COc1ccc2c(c1)N(S(=O)(=O)c1ccnn1C)CC(C)O2. The van der Waals surface area contributed by atoms with Crippen molar-refractivity contribution < 1.29 is 17.9 Å². The van der Waals surface area contributed by atoms with Crippen LogP contribution in [0.4, 0.5) is 5.69 Å². The van der Waals surface area contributed by atoms with Gasteiger partial charge in [0.2, 0.25) is 0 Å². The highest BCUT2D eigenvalue weighted by Gasteiger charge is 2.34. The summed E-state index contributed by atoms with van der Waals surface area (Å²) in [6.07, 6.45) is 1.22. The first-order valence-corrected chi connectivity index (χ1v) is 8.23. The van der Waals surface area contributed by atoms with Crippen molar-refractivity contribution in [1.82, 2.24) is 9.78 Å². The van der Waals surface area contributed by atoms with Crippen LogP contribution in [0.3, 0.4) is 0 Å². The van der Waals surface area contributed by atoms with Gasteiger partial charge in [0.1, 0.15) is 17.6 Å². The molecule has 0 fully saturated rings. The first kappa shape index (κ1) is 14.7. The number of aryl methyl sites for hydroxylation is 1. The minimum Gasteiger partial charge on any atom is -0.497 e. The third-order valence-corrected chi connectivity index (χ3v) is 5.37. The Bertz CT molecular complexity index is 800. The van der Waals surface area contributed by atoms with E-state index in [9.17, 15) is 8.42 Å². The van der Waals surface area contributed by atoms with Crippen molar-refractivity contribution in [2.24, 2.45) is 7.05 Å². The molecule has 2 aromatic rings. The number of methoxy groups -OCH3 is 1. The monoisotopic (exact) mass is 323 g/mol. The molecule has 0 N–H and O–H groups in total. The molecule has 0 saturated heterocycles. The van der Waals surface area contributed by atoms with E-state index in [0.717, 1.165) is 0 Å². The summed E-state index contributed by atoms with van der Waals surface area (Å²) in [7, 11) is -0.586. The van der Waals surface area contributed by atoms with E-state index < -0.39 is 10.0 Å². The lowest BCUT2D eigenvalue weighted by Gasteiger charge is -2.34. The number of ether oxygens (including phenoxy) is 2. The highest BCUT2D eigenvalue weighted by Crippen LogP contribution is 2.39. The molecule has 1 atom stereocenters. The number of nitrogens with zero attached hydrogens (tertiary/aromatic N) is 3. The summed E-state index contributed by atoms with van der Waals surface area (Å²) in [6.45, 7) is 2.06. The summed E-state index contributed by atoms with van der Waals surface area (Å²) in [6, 6.07) is 6.60. The van der Waals surface area contributed by atoms with E-state index in [2.05, 4.69) is 5.10 Å². The van der Waals surface area contributed by atoms with Crippen LogP contribution < -0.4 is 13.8 Å². The van der Waals surface area contributed by atoms with Gasteiger partial charge in [-0.05, 0) is 25.1 Å². The Balaban J connectivity index is 2.14. The van der Waals surface area contributed by atoms with Gasteiger partial charge in [-0.2, -0.15) is 13.5 Å². The number of rotatable bonds is 3. The average Bonchev–Trinajstić information content (AvgIpc) is 2.92. The topological polar surface area (TPSA) is 73.7 Å². The summed E-state index contributed by atoms with van der Waals surface area (Å²) in [5.74, 6) is 1.09. The predicted molar refractivity (Wildman–Crippen MR) is 80.8 cm³/mol. The average molecular weight is 323 g/mol. The van der Waals surface area contributed by atoms with Crippen molar-refractivity contribution in [2.75, 3.05) is 18.0 Å². The van der Waals surface area contributed by atoms with Crippen LogP contribution in [0.25, 0.3) is 0 Å². The van der Waals surface area contributed by atoms with Crippen molar-refractivity contribution in [3.63, 3.8) is 0 Å². The summed E-state index contributed by atoms with van der Waals surface area (Å²) in [5, 5.41) is 4.08. The van der Waals surface area contributed by atoms with Crippen molar-refractivity contribution in [3.8, 4) is 11.5 Å². The molecule has 7 nitrogen and oxygen atoms in total. The molecule has 0 radical (unpaired) electrons. The summed E-state index contributed by atoms with van der Waals surface area (Å²) in [5.41, 5.74) is 0.471. The van der Waals surface area contributed by atoms with Gasteiger partial charge in [-0.15, -0.1) is 0 Å². The second-order valence-electron chi connectivity index (χ2n) is 5.09. The van der Waals surface area contributed by atoms with Crippen LogP contribution in [0.5, 0.6) is 11.5 Å². The molecule has 1 unspecified atom stereocenters. The molecule has 0 bridgehead atoms. The molecule has 8 heteroatoms. The number of hydrogen-bond acceptors (Lipinski definition) is 5. The summed E-state index contributed by atoms with van der Waals surface area (Å²) >= 11 is 0. The number of sulfonamides is 1. The summed E-state index contributed by atoms with van der Waals surface area (Å²) in [4.78, 5) is 0. The van der Waals surface area contributed by atoms with Crippen LogP contribution >= 0.6 is 0 Å². The van der Waals surface area contributed by atoms with Gasteiger partial charge in [0.05, 0.1) is 25.5 Å². The lowest BCUT2D eigenvalue weighted by molar-refractivity contribution is 0.219. The Morgan fingerprint density at radius 1 is 1.36 bits per heavy atom. The van der Waals surface area contributed by atoms with E-state index in [1.165, 1.54) is 28.4 Å². The molecule has 1 aliphatic rings. The fraction of sp³-hybridized carbons (Fsp3) is 0.357. The van der Waals surface area contributed by atoms with E-state index in [0.29, 0.717) is 17.2 Å². The number of fused-ring (bicyclic) bond motifs is 1. The Morgan fingerprint density at radius 2 is 2.14 bits per heavy atom. The van der Waals surface area contributed by atoms with Gasteiger partial charge in [-0.25, -0.2) is 0 Å². The van der Waals surface area contributed by atoms with Crippen LogP contribution in [0.15, 0.2) is 35.5 Å². The lowest BCUT2D eigenvalue weighted by Crippen LogP contribution is -2.42. The van der Waals surface area contributed by atoms with Crippen molar-refractivity contribution in [3.05, 3.63) is 30.5 Å². The molecule has 22 heavy (non-hydrogen) atoms. The minimum absolute atomic E-state index is 0.135. The van der Waals surface area contributed by atoms with Gasteiger partial charge in [0.25, 0.3) is 10.0 Å².